The van der Waals surface area contributed by atoms with Gasteiger partial charge in [-0.05, 0) is 37.8 Å². The molecule has 4 heteroatoms. The Hall–Kier alpha value is 0.0600. The van der Waals surface area contributed by atoms with Gasteiger partial charge < -0.3 is 8.92 Å². The molecule has 0 saturated heterocycles. The summed E-state index contributed by atoms with van der Waals surface area (Å²) in [6.45, 7) is 0. The number of benzene rings is 1. The lowest BCUT2D eigenvalue weighted by molar-refractivity contribution is 0.0935. The Morgan fingerprint density at radius 1 is 1.00 bits per heavy atom. The Morgan fingerprint density at radius 3 is 2.25 bits per heavy atom. The zero-order valence-corrected chi connectivity index (χ0v) is 11.9. The van der Waals surface area contributed by atoms with E-state index in [0.717, 1.165) is 31.4 Å². The van der Waals surface area contributed by atoms with E-state index in [-0.39, 0.29) is 0 Å². The molecule has 1 aliphatic carbocycles. The molecule has 2 rings (SSSR count). The zero-order valence-electron chi connectivity index (χ0n) is 8.97. The minimum absolute atomic E-state index is 0.362. The first-order chi connectivity index (χ1) is 7.88. The van der Waals surface area contributed by atoms with E-state index >= 15 is 0 Å². The fourth-order valence-corrected chi connectivity index (χ4v) is 3.17. The first kappa shape index (κ1) is 12.5. The second kappa shape index (κ2) is 6.71. The van der Waals surface area contributed by atoms with Crippen LogP contribution in [0.1, 0.15) is 25.7 Å². The highest BCUT2D eigenvalue weighted by molar-refractivity contribution is 14.2. The second-order valence-corrected chi connectivity index (χ2v) is 5.39. The summed E-state index contributed by atoms with van der Waals surface area (Å²) in [5.74, 6) is 0.982. The molecule has 88 valence electrons. The molecule has 0 unspecified atom stereocenters. The van der Waals surface area contributed by atoms with Crippen molar-refractivity contribution in [1.29, 1.82) is 0 Å². The molecule has 0 atom stereocenters. The van der Waals surface area contributed by atoms with Gasteiger partial charge in [-0.1, -0.05) is 18.2 Å². The van der Waals surface area contributed by atoms with Gasteiger partial charge in [0.05, 0.1) is 21.4 Å². The molecular weight excluding hydrogens is 335 g/mol. The van der Waals surface area contributed by atoms with Crippen LogP contribution in [0.15, 0.2) is 30.3 Å². The summed E-state index contributed by atoms with van der Waals surface area (Å²) in [6, 6.07) is 10.1. The van der Waals surface area contributed by atoms with Crippen molar-refractivity contribution in [2.75, 3.05) is 0 Å². The van der Waals surface area contributed by atoms with Crippen LogP contribution in [0.4, 0.5) is 0 Å². The lowest BCUT2D eigenvalue weighted by Gasteiger charge is -2.27. The van der Waals surface area contributed by atoms with Crippen molar-refractivity contribution in [1.82, 2.24) is 0 Å². The zero-order chi connectivity index (χ0) is 11.2. The smallest absolute Gasteiger partial charge is 0.119 e. The Balaban J connectivity index is 1.77. The summed E-state index contributed by atoms with van der Waals surface area (Å²) in [6.07, 6.45) is 5.17. The minimum Gasteiger partial charge on any atom is -0.490 e. The van der Waals surface area contributed by atoms with Crippen molar-refractivity contribution in [2.24, 2.45) is 0 Å². The van der Waals surface area contributed by atoms with E-state index in [0.29, 0.717) is 12.2 Å². The molecule has 1 aromatic carbocycles. The highest BCUT2D eigenvalue weighted by atomic mass is 127. The molecule has 1 aliphatic rings. The molecule has 0 heterocycles. The summed E-state index contributed by atoms with van der Waals surface area (Å²) in [5.41, 5.74) is 0. The number of hydrogen-bond donors (Lipinski definition) is 0. The lowest BCUT2D eigenvalue weighted by atomic mass is 9.95. The largest absolute Gasteiger partial charge is 0.490 e. The van der Waals surface area contributed by atoms with Gasteiger partial charge >= 0.3 is 0 Å². The van der Waals surface area contributed by atoms with Crippen LogP contribution in [0.2, 0.25) is 0 Å². The number of halogens is 1. The van der Waals surface area contributed by atoms with Crippen molar-refractivity contribution in [3.05, 3.63) is 30.3 Å². The average Bonchev–Trinajstić information content (AvgIpc) is 2.33. The molecular formula is C12H15IO2S. The third-order valence-electron chi connectivity index (χ3n) is 2.84. The Labute approximate surface area is 113 Å². The number of rotatable bonds is 4. The first-order valence-corrected chi connectivity index (χ1v) is 8.82. The highest BCUT2D eigenvalue weighted by Crippen LogP contribution is 2.29. The van der Waals surface area contributed by atoms with Gasteiger partial charge in [0.2, 0.25) is 0 Å². The van der Waals surface area contributed by atoms with E-state index in [4.69, 9.17) is 8.92 Å². The molecule has 0 aromatic heterocycles. The summed E-state index contributed by atoms with van der Waals surface area (Å²) < 4.78 is 11.4. The fourth-order valence-electron chi connectivity index (χ4n) is 1.99. The predicted octanol–water partition coefficient (Wildman–Crippen LogP) is 4.39. The summed E-state index contributed by atoms with van der Waals surface area (Å²) in [5, 5.41) is 0. The van der Waals surface area contributed by atoms with Crippen LogP contribution in [-0.2, 0) is 4.18 Å². The minimum atomic E-state index is 0.362. The van der Waals surface area contributed by atoms with E-state index in [1.54, 1.807) is 0 Å². The van der Waals surface area contributed by atoms with E-state index in [9.17, 15) is 0 Å². The Bertz CT molecular complexity index is 299. The molecule has 2 nitrogen and oxygen atoms in total. The maximum absolute atomic E-state index is 5.92. The highest BCUT2D eigenvalue weighted by Gasteiger charge is 2.22. The first-order valence-electron chi connectivity index (χ1n) is 5.54. The number of para-hydroxylation sites is 1. The van der Waals surface area contributed by atoms with Crippen LogP contribution >= 0.6 is 30.4 Å². The van der Waals surface area contributed by atoms with Crippen LogP contribution in [0.25, 0.3) is 0 Å². The molecule has 0 N–H and O–H groups in total. The van der Waals surface area contributed by atoms with E-state index in [1.807, 2.05) is 30.3 Å². The molecule has 1 saturated carbocycles. The maximum Gasteiger partial charge on any atom is 0.119 e. The predicted molar refractivity (Wildman–Crippen MR) is 75.8 cm³/mol. The second-order valence-electron chi connectivity index (χ2n) is 3.99. The summed E-state index contributed by atoms with van der Waals surface area (Å²) in [4.78, 5) is 0. The fraction of sp³-hybridized carbons (Fsp3) is 0.500. The van der Waals surface area contributed by atoms with Gasteiger partial charge in [0.1, 0.15) is 5.75 Å². The molecule has 1 aromatic rings. The SMILES string of the molecule is ISO[C@H]1CC[C@@H](Oc2ccccc2)CC1. The summed E-state index contributed by atoms with van der Waals surface area (Å²) >= 11 is 2.18. The lowest BCUT2D eigenvalue weighted by Crippen LogP contribution is -2.27. The number of hydrogen-bond acceptors (Lipinski definition) is 3. The van der Waals surface area contributed by atoms with Gasteiger partial charge in [0.25, 0.3) is 0 Å². The van der Waals surface area contributed by atoms with Gasteiger partial charge in [-0.15, -0.1) is 0 Å². The van der Waals surface area contributed by atoms with E-state index in [1.165, 1.54) is 9.21 Å². The quantitative estimate of drug-likeness (QED) is 0.593. The maximum atomic E-state index is 5.92. The van der Waals surface area contributed by atoms with Crippen molar-refractivity contribution in [2.45, 2.75) is 37.9 Å². The van der Waals surface area contributed by atoms with E-state index in [2.05, 4.69) is 21.2 Å². The monoisotopic (exact) mass is 350 g/mol. The topological polar surface area (TPSA) is 18.5 Å². The Morgan fingerprint density at radius 2 is 1.62 bits per heavy atom. The molecule has 0 spiro atoms. The van der Waals surface area contributed by atoms with Crippen LogP contribution < -0.4 is 4.74 Å². The third kappa shape index (κ3) is 3.82. The van der Waals surface area contributed by atoms with Gasteiger partial charge in [-0.3, -0.25) is 0 Å². The number of ether oxygens (including phenoxy) is 1. The van der Waals surface area contributed by atoms with Crippen LogP contribution in [0.3, 0.4) is 0 Å². The molecule has 1 fully saturated rings. The van der Waals surface area contributed by atoms with Crippen LogP contribution in [-0.4, -0.2) is 12.2 Å². The van der Waals surface area contributed by atoms with Gasteiger partial charge in [-0.2, -0.15) is 0 Å². The molecule has 0 radical (unpaired) electrons. The van der Waals surface area contributed by atoms with Crippen molar-refractivity contribution >= 4 is 30.4 Å². The molecule has 0 amide bonds. The molecule has 0 aliphatic heterocycles. The van der Waals surface area contributed by atoms with Gasteiger partial charge in [0.15, 0.2) is 0 Å². The van der Waals surface area contributed by atoms with Crippen molar-refractivity contribution < 1.29 is 8.92 Å². The molecule has 0 bridgehead atoms. The van der Waals surface area contributed by atoms with Gasteiger partial charge in [0, 0.05) is 21.2 Å². The Kier molecular flexibility index (Phi) is 5.25. The van der Waals surface area contributed by atoms with E-state index < -0.39 is 0 Å². The molecule has 16 heavy (non-hydrogen) atoms. The average molecular weight is 350 g/mol. The third-order valence-corrected chi connectivity index (χ3v) is 3.81. The normalized spacial score (nSPS) is 25.3. The summed E-state index contributed by atoms with van der Waals surface area (Å²) in [7, 11) is 1.44. The van der Waals surface area contributed by atoms with Gasteiger partial charge in [-0.25, -0.2) is 0 Å². The van der Waals surface area contributed by atoms with Crippen molar-refractivity contribution in [3.8, 4) is 5.75 Å². The van der Waals surface area contributed by atoms with Crippen molar-refractivity contribution in [3.63, 3.8) is 0 Å². The standard InChI is InChI=1S/C12H15IO2S/c13-16-15-12-8-6-11(7-9-12)14-10-4-2-1-3-5-10/h1-5,11-12H,6-9H2/t11-,12+. The van der Waals surface area contributed by atoms with Crippen LogP contribution in [0.5, 0.6) is 5.75 Å². The van der Waals surface area contributed by atoms with Crippen LogP contribution in [0, 0.1) is 0 Å².